The van der Waals surface area contributed by atoms with E-state index in [-0.39, 0.29) is 12.5 Å². The van der Waals surface area contributed by atoms with Gasteiger partial charge in [0.05, 0.1) is 24.5 Å². The minimum atomic E-state index is 0.0237. The Morgan fingerprint density at radius 2 is 1.93 bits per heavy atom. The van der Waals surface area contributed by atoms with Crippen molar-refractivity contribution in [1.82, 2.24) is 25.7 Å². The zero-order valence-electron chi connectivity index (χ0n) is 18.4. The first-order valence-corrected chi connectivity index (χ1v) is 11.0. The Hall–Kier alpha value is -2.83. The van der Waals surface area contributed by atoms with Crippen LogP contribution in [0.3, 0.4) is 0 Å². The van der Waals surface area contributed by atoms with E-state index in [1.165, 1.54) is 19.3 Å². The fraction of sp³-hybridized carbons (Fsp3) is 0.522. The Bertz CT molecular complexity index is 866. The summed E-state index contributed by atoms with van der Waals surface area (Å²) in [5, 5.41) is 14.1. The Morgan fingerprint density at radius 3 is 2.63 bits per heavy atom. The van der Waals surface area contributed by atoms with E-state index in [1.807, 2.05) is 30.7 Å². The van der Waals surface area contributed by atoms with Crippen LogP contribution in [0, 0.1) is 13.8 Å². The second-order valence-corrected chi connectivity index (χ2v) is 7.92. The third-order valence-electron chi connectivity index (χ3n) is 5.37. The average molecular weight is 411 g/mol. The van der Waals surface area contributed by atoms with Crippen LogP contribution in [-0.4, -0.2) is 40.8 Å². The number of amides is 1. The minimum Gasteiger partial charge on any atom is -0.357 e. The van der Waals surface area contributed by atoms with Gasteiger partial charge < -0.3 is 16.0 Å². The van der Waals surface area contributed by atoms with E-state index in [0.717, 1.165) is 42.0 Å². The molecule has 1 heterocycles. The minimum absolute atomic E-state index is 0.0237. The number of hydrogen-bond donors (Lipinski definition) is 3. The second-order valence-electron chi connectivity index (χ2n) is 7.92. The van der Waals surface area contributed by atoms with Crippen LogP contribution in [0.2, 0.25) is 0 Å². The van der Waals surface area contributed by atoms with E-state index in [1.54, 1.807) is 0 Å². The molecule has 3 rings (SSSR count). The zero-order valence-corrected chi connectivity index (χ0v) is 18.4. The molecule has 0 radical (unpaired) electrons. The van der Waals surface area contributed by atoms with E-state index in [0.29, 0.717) is 18.5 Å². The van der Waals surface area contributed by atoms with Crippen molar-refractivity contribution in [3.05, 3.63) is 47.3 Å². The van der Waals surface area contributed by atoms with Crippen molar-refractivity contribution in [3.63, 3.8) is 0 Å². The molecule has 3 N–H and O–H groups in total. The van der Waals surface area contributed by atoms with Crippen LogP contribution in [-0.2, 0) is 11.3 Å². The summed E-state index contributed by atoms with van der Waals surface area (Å²) in [5.41, 5.74) is 4.18. The first-order valence-electron chi connectivity index (χ1n) is 11.0. The van der Waals surface area contributed by atoms with Crippen LogP contribution in [0.25, 0.3) is 5.69 Å². The monoisotopic (exact) mass is 410 g/mol. The number of aliphatic imine (C=N–C) groups is 1. The average Bonchev–Trinajstić information content (AvgIpc) is 3.09. The van der Waals surface area contributed by atoms with Crippen molar-refractivity contribution in [3.8, 4) is 5.69 Å². The number of nitrogens with zero attached hydrogens (tertiary/aromatic N) is 3. The smallest absolute Gasteiger partial charge is 0.239 e. The van der Waals surface area contributed by atoms with E-state index < -0.39 is 0 Å². The van der Waals surface area contributed by atoms with Gasteiger partial charge in [0, 0.05) is 18.3 Å². The zero-order chi connectivity index (χ0) is 21.3. The molecule has 0 saturated heterocycles. The lowest BCUT2D eigenvalue weighted by Crippen LogP contribution is -2.46. The number of rotatable bonds is 7. The molecule has 1 aromatic carbocycles. The van der Waals surface area contributed by atoms with Gasteiger partial charge in [0.15, 0.2) is 5.96 Å². The molecule has 0 unspecified atom stereocenters. The van der Waals surface area contributed by atoms with Crippen molar-refractivity contribution in [2.45, 2.75) is 65.5 Å². The number of guanidine groups is 1. The Labute approximate surface area is 179 Å². The standard InChI is InChI=1S/C23H34N6O/c1-4-24-23(26-16-22(30)27-20-11-6-5-7-12-20)25-15-19-10-8-9-13-21(19)29-18(3)14-17(2)28-29/h8-10,13-14,20H,4-7,11-12,15-16H2,1-3H3,(H,27,30)(H2,24,25,26). The molecular weight excluding hydrogens is 376 g/mol. The van der Waals surface area contributed by atoms with Crippen LogP contribution in [0.15, 0.2) is 35.3 Å². The molecule has 1 aliphatic carbocycles. The lowest BCUT2D eigenvalue weighted by molar-refractivity contribution is -0.120. The van der Waals surface area contributed by atoms with Crippen LogP contribution in [0.1, 0.15) is 56.0 Å². The van der Waals surface area contributed by atoms with Gasteiger partial charge in [-0.3, -0.25) is 4.79 Å². The van der Waals surface area contributed by atoms with Gasteiger partial charge in [-0.25, -0.2) is 9.67 Å². The summed E-state index contributed by atoms with van der Waals surface area (Å²) in [6, 6.07) is 10.5. The maximum Gasteiger partial charge on any atom is 0.239 e. The van der Waals surface area contributed by atoms with Gasteiger partial charge in [-0.2, -0.15) is 5.10 Å². The molecular formula is C23H34N6O. The number of benzene rings is 1. The van der Waals surface area contributed by atoms with E-state index in [4.69, 9.17) is 4.99 Å². The van der Waals surface area contributed by atoms with Gasteiger partial charge in [0.1, 0.15) is 0 Å². The SMILES string of the molecule is CCNC(=NCc1ccccc1-n1nc(C)cc1C)NCC(=O)NC1CCCCC1. The highest BCUT2D eigenvalue weighted by Gasteiger charge is 2.15. The van der Waals surface area contributed by atoms with E-state index in [9.17, 15) is 4.79 Å². The Balaban J connectivity index is 1.63. The number of carbonyl (C=O) groups excluding carboxylic acids is 1. The van der Waals surface area contributed by atoms with Crippen molar-refractivity contribution < 1.29 is 4.79 Å². The summed E-state index contributed by atoms with van der Waals surface area (Å²) in [7, 11) is 0. The summed E-state index contributed by atoms with van der Waals surface area (Å²) in [6.07, 6.45) is 5.86. The van der Waals surface area contributed by atoms with Gasteiger partial charge in [-0.1, -0.05) is 37.5 Å². The lowest BCUT2D eigenvalue weighted by Gasteiger charge is -2.23. The highest BCUT2D eigenvalue weighted by atomic mass is 16.2. The molecule has 7 nitrogen and oxygen atoms in total. The summed E-state index contributed by atoms with van der Waals surface area (Å²) >= 11 is 0. The van der Waals surface area contributed by atoms with Crippen LogP contribution >= 0.6 is 0 Å². The largest absolute Gasteiger partial charge is 0.357 e. The quantitative estimate of drug-likeness (QED) is 0.484. The summed E-state index contributed by atoms with van der Waals surface area (Å²) in [4.78, 5) is 17.0. The van der Waals surface area contributed by atoms with Gasteiger partial charge in [-0.15, -0.1) is 0 Å². The maximum atomic E-state index is 12.3. The Kier molecular flexibility index (Phi) is 7.88. The molecule has 7 heteroatoms. The number of aryl methyl sites for hydroxylation is 2. The molecule has 2 aromatic rings. The summed E-state index contributed by atoms with van der Waals surface area (Å²) < 4.78 is 1.96. The predicted molar refractivity (Wildman–Crippen MR) is 121 cm³/mol. The highest BCUT2D eigenvalue weighted by molar-refractivity contribution is 5.86. The molecule has 1 amide bonds. The number of para-hydroxylation sites is 1. The Morgan fingerprint density at radius 1 is 1.17 bits per heavy atom. The number of nitrogens with one attached hydrogen (secondary N) is 3. The topological polar surface area (TPSA) is 83.3 Å². The molecule has 1 aromatic heterocycles. The molecule has 162 valence electrons. The third-order valence-corrected chi connectivity index (χ3v) is 5.37. The molecule has 0 aliphatic heterocycles. The summed E-state index contributed by atoms with van der Waals surface area (Å²) in [5.74, 6) is 0.662. The predicted octanol–water partition coefficient (Wildman–Crippen LogP) is 2.99. The molecule has 1 saturated carbocycles. The fourth-order valence-corrected chi connectivity index (χ4v) is 3.92. The normalized spacial score (nSPS) is 15.1. The third kappa shape index (κ3) is 6.08. The van der Waals surface area contributed by atoms with Gasteiger partial charge in [-0.05, 0) is 51.3 Å². The van der Waals surface area contributed by atoms with Crippen molar-refractivity contribution in [1.29, 1.82) is 0 Å². The molecule has 0 atom stereocenters. The van der Waals surface area contributed by atoms with Crippen LogP contribution in [0.4, 0.5) is 0 Å². The first-order chi connectivity index (χ1) is 14.6. The summed E-state index contributed by atoms with van der Waals surface area (Å²) in [6.45, 7) is 7.51. The van der Waals surface area contributed by atoms with E-state index in [2.05, 4.69) is 46.2 Å². The van der Waals surface area contributed by atoms with Crippen LogP contribution < -0.4 is 16.0 Å². The number of hydrogen-bond acceptors (Lipinski definition) is 3. The number of aromatic nitrogens is 2. The van der Waals surface area contributed by atoms with Crippen molar-refractivity contribution in [2.24, 2.45) is 4.99 Å². The maximum absolute atomic E-state index is 12.3. The molecule has 0 bridgehead atoms. The van der Waals surface area contributed by atoms with Gasteiger partial charge in [0.25, 0.3) is 0 Å². The second kappa shape index (κ2) is 10.8. The van der Waals surface area contributed by atoms with Crippen molar-refractivity contribution >= 4 is 11.9 Å². The van der Waals surface area contributed by atoms with Crippen LogP contribution in [0.5, 0.6) is 0 Å². The first kappa shape index (κ1) is 21.9. The van der Waals surface area contributed by atoms with E-state index >= 15 is 0 Å². The fourth-order valence-electron chi connectivity index (χ4n) is 3.92. The molecule has 1 aliphatic rings. The molecule has 30 heavy (non-hydrogen) atoms. The van der Waals surface area contributed by atoms with Gasteiger partial charge in [0.2, 0.25) is 5.91 Å². The highest BCUT2D eigenvalue weighted by Crippen LogP contribution is 2.18. The number of carbonyl (C=O) groups is 1. The van der Waals surface area contributed by atoms with Crippen molar-refractivity contribution in [2.75, 3.05) is 13.1 Å². The van der Waals surface area contributed by atoms with Gasteiger partial charge >= 0.3 is 0 Å². The lowest BCUT2D eigenvalue weighted by atomic mass is 9.95. The molecule has 1 fully saturated rings. The molecule has 0 spiro atoms.